The van der Waals surface area contributed by atoms with Crippen LogP contribution in [0.5, 0.6) is 5.75 Å². The molecule has 1 aliphatic heterocycles. The van der Waals surface area contributed by atoms with E-state index < -0.39 is 5.91 Å². The highest BCUT2D eigenvalue weighted by atomic mass is 16.5. The summed E-state index contributed by atoms with van der Waals surface area (Å²) in [6.45, 7) is 1.51. The number of benzene rings is 1. The molecule has 6 heteroatoms. The largest absolute Gasteiger partial charge is 0.495 e. The van der Waals surface area contributed by atoms with E-state index in [4.69, 9.17) is 10.5 Å². The van der Waals surface area contributed by atoms with Crippen molar-refractivity contribution < 1.29 is 14.3 Å². The summed E-state index contributed by atoms with van der Waals surface area (Å²) in [5.41, 5.74) is 6.03. The Hall–Kier alpha value is -2.08. The number of amides is 2. The summed E-state index contributed by atoms with van der Waals surface area (Å²) in [4.78, 5) is 23.2. The number of hydrogen-bond donors (Lipinski definition) is 3. The molecule has 1 heterocycles. The van der Waals surface area contributed by atoms with E-state index >= 15 is 0 Å². The molecule has 1 fully saturated rings. The molecule has 2 rings (SSSR count). The molecule has 1 aromatic rings. The SMILES string of the molecule is COc1ccc(C(N)=O)cc1NC(=O)C1CCNC1. The van der Waals surface area contributed by atoms with Crippen LogP contribution in [0.25, 0.3) is 0 Å². The summed E-state index contributed by atoms with van der Waals surface area (Å²) in [7, 11) is 1.51. The number of primary amides is 1. The minimum Gasteiger partial charge on any atom is -0.495 e. The number of hydrogen-bond acceptors (Lipinski definition) is 4. The fraction of sp³-hybridized carbons (Fsp3) is 0.385. The third-order valence-electron chi connectivity index (χ3n) is 3.17. The highest BCUT2D eigenvalue weighted by Gasteiger charge is 2.23. The van der Waals surface area contributed by atoms with Crippen LogP contribution in [0, 0.1) is 5.92 Å². The van der Waals surface area contributed by atoms with E-state index in [9.17, 15) is 9.59 Å². The van der Waals surface area contributed by atoms with E-state index in [1.807, 2.05) is 0 Å². The van der Waals surface area contributed by atoms with Crippen LogP contribution < -0.4 is 21.1 Å². The number of rotatable bonds is 4. The first-order valence-corrected chi connectivity index (χ1v) is 6.11. The Kier molecular flexibility index (Phi) is 4.01. The van der Waals surface area contributed by atoms with Crippen LogP contribution >= 0.6 is 0 Å². The monoisotopic (exact) mass is 263 g/mol. The van der Waals surface area contributed by atoms with Gasteiger partial charge in [0.1, 0.15) is 5.75 Å². The number of nitrogens with one attached hydrogen (secondary N) is 2. The predicted octanol–water partition coefficient (Wildman–Crippen LogP) is 0.342. The summed E-state index contributed by atoms with van der Waals surface area (Å²) >= 11 is 0. The number of ether oxygens (including phenoxy) is 1. The van der Waals surface area contributed by atoms with Crippen molar-refractivity contribution in [3.05, 3.63) is 23.8 Å². The van der Waals surface area contributed by atoms with Crippen molar-refractivity contribution in [2.24, 2.45) is 11.7 Å². The van der Waals surface area contributed by atoms with Gasteiger partial charge in [-0.15, -0.1) is 0 Å². The Morgan fingerprint density at radius 1 is 1.47 bits per heavy atom. The van der Waals surface area contributed by atoms with Gasteiger partial charge in [-0.25, -0.2) is 0 Å². The minimum absolute atomic E-state index is 0.0538. The molecular formula is C13H17N3O3. The summed E-state index contributed by atoms with van der Waals surface area (Å²) in [6, 6.07) is 4.71. The van der Waals surface area contributed by atoms with E-state index in [2.05, 4.69) is 10.6 Å². The van der Waals surface area contributed by atoms with Gasteiger partial charge in [-0.2, -0.15) is 0 Å². The van der Waals surface area contributed by atoms with Crippen molar-refractivity contribution in [2.45, 2.75) is 6.42 Å². The zero-order chi connectivity index (χ0) is 13.8. The van der Waals surface area contributed by atoms with E-state index in [-0.39, 0.29) is 11.8 Å². The topological polar surface area (TPSA) is 93.4 Å². The van der Waals surface area contributed by atoms with Crippen molar-refractivity contribution >= 4 is 17.5 Å². The standard InChI is InChI=1S/C13H17N3O3/c1-19-11-3-2-8(12(14)17)6-10(11)16-13(18)9-4-5-15-7-9/h2-3,6,9,15H,4-5,7H2,1H3,(H2,14,17)(H,16,18). The lowest BCUT2D eigenvalue weighted by Crippen LogP contribution is -2.25. The first kappa shape index (κ1) is 13.4. The molecule has 1 atom stereocenters. The zero-order valence-corrected chi connectivity index (χ0v) is 10.7. The molecule has 1 unspecified atom stereocenters. The van der Waals surface area contributed by atoms with Crippen molar-refractivity contribution in [1.29, 1.82) is 0 Å². The molecule has 0 spiro atoms. The number of anilines is 1. The Bertz CT molecular complexity index is 496. The Labute approximate surface area is 111 Å². The lowest BCUT2D eigenvalue weighted by Gasteiger charge is -2.13. The lowest BCUT2D eigenvalue weighted by molar-refractivity contribution is -0.119. The molecule has 1 aromatic carbocycles. The Morgan fingerprint density at radius 2 is 2.26 bits per heavy atom. The van der Waals surface area contributed by atoms with Gasteiger partial charge in [0, 0.05) is 12.1 Å². The molecule has 0 aromatic heterocycles. The van der Waals surface area contributed by atoms with Crippen LogP contribution in [-0.2, 0) is 4.79 Å². The number of carbonyl (C=O) groups excluding carboxylic acids is 2. The third-order valence-corrected chi connectivity index (χ3v) is 3.17. The van der Waals surface area contributed by atoms with Gasteiger partial charge in [-0.1, -0.05) is 0 Å². The first-order chi connectivity index (χ1) is 9.11. The predicted molar refractivity (Wildman–Crippen MR) is 71.1 cm³/mol. The van der Waals surface area contributed by atoms with Crippen LogP contribution in [0.1, 0.15) is 16.8 Å². The van der Waals surface area contributed by atoms with Crippen molar-refractivity contribution in [1.82, 2.24) is 5.32 Å². The van der Waals surface area contributed by atoms with Gasteiger partial charge in [0.15, 0.2) is 0 Å². The fourth-order valence-corrected chi connectivity index (χ4v) is 2.07. The number of methoxy groups -OCH3 is 1. The fourth-order valence-electron chi connectivity index (χ4n) is 2.07. The van der Waals surface area contributed by atoms with Crippen LogP contribution in [0.15, 0.2) is 18.2 Å². The molecule has 0 aliphatic carbocycles. The van der Waals surface area contributed by atoms with Crippen LogP contribution in [0.4, 0.5) is 5.69 Å². The molecule has 0 radical (unpaired) electrons. The number of nitrogens with two attached hydrogens (primary N) is 1. The molecule has 0 bridgehead atoms. The van der Waals surface area contributed by atoms with E-state index in [1.165, 1.54) is 13.2 Å². The van der Waals surface area contributed by atoms with Gasteiger partial charge in [-0.05, 0) is 31.2 Å². The molecule has 4 N–H and O–H groups in total. The second-order valence-electron chi connectivity index (χ2n) is 4.46. The maximum Gasteiger partial charge on any atom is 0.248 e. The minimum atomic E-state index is -0.541. The normalized spacial score (nSPS) is 18.1. The molecule has 6 nitrogen and oxygen atoms in total. The van der Waals surface area contributed by atoms with Gasteiger partial charge in [0.25, 0.3) is 0 Å². The van der Waals surface area contributed by atoms with Crippen molar-refractivity contribution in [3.63, 3.8) is 0 Å². The van der Waals surface area contributed by atoms with Crippen molar-refractivity contribution in [2.75, 3.05) is 25.5 Å². The highest BCUT2D eigenvalue weighted by Crippen LogP contribution is 2.26. The lowest BCUT2D eigenvalue weighted by atomic mass is 10.1. The van der Waals surface area contributed by atoms with Gasteiger partial charge in [0.05, 0.1) is 18.7 Å². The summed E-state index contributed by atoms with van der Waals surface area (Å²) in [5.74, 6) is -0.170. The zero-order valence-electron chi connectivity index (χ0n) is 10.7. The maximum atomic E-state index is 12.0. The van der Waals surface area contributed by atoms with Crippen LogP contribution in [0.2, 0.25) is 0 Å². The maximum absolute atomic E-state index is 12.0. The average molecular weight is 263 g/mol. The van der Waals surface area contributed by atoms with Gasteiger partial charge in [-0.3, -0.25) is 9.59 Å². The van der Waals surface area contributed by atoms with Gasteiger partial charge in [0.2, 0.25) is 11.8 Å². The van der Waals surface area contributed by atoms with E-state index in [0.717, 1.165) is 13.0 Å². The quantitative estimate of drug-likeness (QED) is 0.730. The Balaban J connectivity index is 2.19. The second-order valence-corrected chi connectivity index (χ2v) is 4.46. The smallest absolute Gasteiger partial charge is 0.248 e. The molecule has 2 amide bonds. The van der Waals surface area contributed by atoms with E-state index in [1.54, 1.807) is 12.1 Å². The third kappa shape index (κ3) is 3.03. The van der Waals surface area contributed by atoms with E-state index in [0.29, 0.717) is 23.5 Å². The molecule has 102 valence electrons. The van der Waals surface area contributed by atoms with Gasteiger partial charge < -0.3 is 21.1 Å². The van der Waals surface area contributed by atoms with Crippen LogP contribution in [0.3, 0.4) is 0 Å². The first-order valence-electron chi connectivity index (χ1n) is 6.11. The van der Waals surface area contributed by atoms with Crippen LogP contribution in [-0.4, -0.2) is 32.0 Å². The number of carbonyl (C=O) groups is 2. The summed E-state index contributed by atoms with van der Waals surface area (Å²) < 4.78 is 5.16. The molecule has 19 heavy (non-hydrogen) atoms. The Morgan fingerprint density at radius 3 is 2.84 bits per heavy atom. The average Bonchev–Trinajstić information content (AvgIpc) is 2.92. The molecular weight excluding hydrogens is 246 g/mol. The summed E-state index contributed by atoms with van der Waals surface area (Å²) in [5, 5.41) is 5.92. The molecule has 0 saturated carbocycles. The second kappa shape index (κ2) is 5.71. The van der Waals surface area contributed by atoms with Crippen molar-refractivity contribution in [3.8, 4) is 5.75 Å². The summed E-state index contributed by atoms with van der Waals surface area (Å²) in [6.07, 6.45) is 0.809. The molecule has 1 saturated heterocycles. The molecule has 1 aliphatic rings. The highest BCUT2D eigenvalue weighted by molar-refractivity contribution is 5.98. The van der Waals surface area contributed by atoms with Gasteiger partial charge >= 0.3 is 0 Å².